The van der Waals surface area contributed by atoms with Crippen LogP contribution in [0.3, 0.4) is 0 Å². The maximum Gasteiger partial charge on any atom is 0.122 e. The molecule has 1 rings (SSSR count). The van der Waals surface area contributed by atoms with E-state index < -0.39 is 0 Å². The van der Waals surface area contributed by atoms with Crippen LogP contribution in [0.2, 0.25) is 0 Å². The molecule has 0 fully saturated rings. The summed E-state index contributed by atoms with van der Waals surface area (Å²) in [4.78, 5) is 2.43. The number of hydrogen-bond donors (Lipinski definition) is 1. The SMILES string of the molecule is CCN(CC)CCCc1cc(N)ccc1OC. The lowest BCUT2D eigenvalue weighted by Crippen LogP contribution is -2.24. The van der Waals surface area contributed by atoms with Gasteiger partial charge < -0.3 is 15.4 Å². The molecule has 0 bridgehead atoms. The third kappa shape index (κ3) is 4.27. The Morgan fingerprint density at radius 1 is 1.24 bits per heavy atom. The zero-order chi connectivity index (χ0) is 12.7. The minimum Gasteiger partial charge on any atom is -0.496 e. The van der Waals surface area contributed by atoms with E-state index in [-0.39, 0.29) is 0 Å². The first-order valence-corrected chi connectivity index (χ1v) is 6.36. The number of aryl methyl sites for hydroxylation is 1. The Labute approximate surface area is 105 Å². The van der Waals surface area contributed by atoms with Crippen molar-refractivity contribution in [3.8, 4) is 5.75 Å². The standard InChI is InChI=1S/C14H24N2O/c1-4-16(5-2)10-6-7-12-11-13(15)8-9-14(12)17-3/h8-9,11H,4-7,10,15H2,1-3H3. The van der Waals surface area contributed by atoms with Crippen molar-refractivity contribution in [1.29, 1.82) is 0 Å². The van der Waals surface area contributed by atoms with Crippen LogP contribution in [0.4, 0.5) is 5.69 Å². The van der Waals surface area contributed by atoms with Gasteiger partial charge in [0.15, 0.2) is 0 Å². The predicted octanol–water partition coefficient (Wildman–Crippen LogP) is 2.55. The minimum absolute atomic E-state index is 0.809. The highest BCUT2D eigenvalue weighted by Crippen LogP contribution is 2.22. The first-order chi connectivity index (χ1) is 8.21. The minimum atomic E-state index is 0.809. The zero-order valence-electron chi connectivity index (χ0n) is 11.2. The molecule has 17 heavy (non-hydrogen) atoms. The molecular weight excluding hydrogens is 212 g/mol. The highest BCUT2D eigenvalue weighted by atomic mass is 16.5. The molecule has 0 aromatic heterocycles. The van der Waals surface area contributed by atoms with Crippen LogP contribution in [-0.2, 0) is 6.42 Å². The van der Waals surface area contributed by atoms with Crippen LogP contribution in [0.1, 0.15) is 25.8 Å². The Morgan fingerprint density at radius 2 is 1.94 bits per heavy atom. The average Bonchev–Trinajstić information content (AvgIpc) is 2.35. The van der Waals surface area contributed by atoms with Gasteiger partial charge in [0.25, 0.3) is 0 Å². The molecule has 1 aromatic carbocycles. The van der Waals surface area contributed by atoms with Crippen molar-refractivity contribution in [3.05, 3.63) is 23.8 Å². The Bertz CT molecular complexity index is 335. The number of rotatable bonds is 7. The quantitative estimate of drug-likeness (QED) is 0.739. The number of nitrogens with zero attached hydrogens (tertiary/aromatic N) is 1. The summed E-state index contributed by atoms with van der Waals surface area (Å²) in [7, 11) is 1.71. The van der Waals surface area contributed by atoms with Gasteiger partial charge in [0.05, 0.1) is 7.11 Å². The summed E-state index contributed by atoms with van der Waals surface area (Å²) in [6.07, 6.45) is 2.16. The summed E-state index contributed by atoms with van der Waals surface area (Å²) in [5.74, 6) is 0.943. The molecule has 0 aliphatic heterocycles. The number of methoxy groups -OCH3 is 1. The van der Waals surface area contributed by atoms with Crippen molar-refractivity contribution >= 4 is 5.69 Å². The van der Waals surface area contributed by atoms with Gasteiger partial charge in [-0.05, 0) is 56.2 Å². The molecule has 0 amide bonds. The van der Waals surface area contributed by atoms with Gasteiger partial charge in [-0.1, -0.05) is 13.8 Å². The Hall–Kier alpha value is -1.22. The van der Waals surface area contributed by atoms with Gasteiger partial charge in [0.2, 0.25) is 0 Å². The molecule has 0 saturated heterocycles. The van der Waals surface area contributed by atoms with Gasteiger partial charge in [0.1, 0.15) is 5.75 Å². The molecule has 0 heterocycles. The number of ether oxygens (including phenoxy) is 1. The van der Waals surface area contributed by atoms with Crippen LogP contribution >= 0.6 is 0 Å². The summed E-state index contributed by atoms with van der Waals surface area (Å²) in [6.45, 7) is 7.76. The predicted molar refractivity (Wildman–Crippen MR) is 73.5 cm³/mol. The number of anilines is 1. The van der Waals surface area contributed by atoms with Crippen molar-refractivity contribution in [2.45, 2.75) is 26.7 Å². The van der Waals surface area contributed by atoms with E-state index in [1.54, 1.807) is 7.11 Å². The topological polar surface area (TPSA) is 38.5 Å². The smallest absolute Gasteiger partial charge is 0.122 e. The van der Waals surface area contributed by atoms with Crippen molar-refractivity contribution in [2.24, 2.45) is 0 Å². The maximum atomic E-state index is 5.80. The first kappa shape index (κ1) is 13.8. The second-order valence-corrected chi connectivity index (χ2v) is 4.20. The molecule has 3 nitrogen and oxygen atoms in total. The summed E-state index contributed by atoms with van der Waals surface area (Å²) < 4.78 is 5.34. The van der Waals surface area contributed by atoms with Gasteiger partial charge >= 0.3 is 0 Å². The molecule has 0 aliphatic rings. The van der Waals surface area contributed by atoms with E-state index in [9.17, 15) is 0 Å². The summed E-state index contributed by atoms with van der Waals surface area (Å²) in [6, 6.07) is 5.84. The van der Waals surface area contributed by atoms with E-state index in [0.29, 0.717) is 0 Å². The van der Waals surface area contributed by atoms with E-state index in [1.165, 1.54) is 5.56 Å². The normalized spacial score (nSPS) is 10.8. The van der Waals surface area contributed by atoms with Gasteiger partial charge in [-0.25, -0.2) is 0 Å². The molecule has 0 radical (unpaired) electrons. The fourth-order valence-corrected chi connectivity index (χ4v) is 2.03. The van der Waals surface area contributed by atoms with E-state index in [0.717, 1.165) is 43.9 Å². The lowest BCUT2D eigenvalue weighted by Gasteiger charge is -2.18. The molecule has 0 spiro atoms. The molecule has 0 atom stereocenters. The maximum absolute atomic E-state index is 5.80. The average molecular weight is 236 g/mol. The van der Waals surface area contributed by atoms with Crippen LogP contribution in [0.5, 0.6) is 5.75 Å². The molecule has 2 N–H and O–H groups in total. The van der Waals surface area contributed by atoms with Gasteiger partial charge in [-0.3, -0.25) is 0 Å². The van der Waals surface area contributed by atoms with E-state index >= 15 is 0 Å². The number of hydrogen-bond acceptors (Lipinski definition) is 3. The molecule has 1 aromatic rings. The Balaban J connectivity index is 2.53. The third-order valence-corrected chi connectivity index (χ3v) is 3.12. The van der Waals surface area contributed by atoms with Crippen molar-refractivity contribution in [1.82, 2.24) is 4.90 Å². The largest absolute Gasteiger partial charge is 0.496 e. The molecule has 96 valence electrons. The van der Waals surface area contributed by atoms with Crippen molar-refractivity contribution in [2.75, 3.05) is 32.5 Å². The lowest BCUT2D eigenvalue weighted by molar-refractivity contribution is 0.299. The molecular formula is C14H24N2O. The first-order valence-electron chi connectivity index (χ1n) is 6.36. The van der Waals surface area contributed by atoms with E-state index in [2.05, 4.69) is 18.7 Å². The van der Waals surface area contributed by atoms with Crippen LogP contribution in [-0.4, -0.2) is 31.6 Å². The van der Waals surface area contributed by atoms with Crippen LogP contribution in [0, 0.1) is 0 Å². The number of nitrogens with two attached hydrogens (primary N) is 1. The Kier molecular flexibility index (Phi) is 5.84. The summed E-state index contributed by atoms with van der Waals surface area (Å²) in [5, 5.41) is 0. The second kappa shape index (κ2) is 7.17. The van der Waals surface area contributed by atoms with Crippen LogP contribution in [0.25, 0.3) is 0 Å². The van der Waals surface area contributed by atoms with E-state index in [4.69, 9.17) is 10.5 Å². The van der Waals surface area contributed by atoms with Crippen LogP contribution < -0.4 is 10.5 Å². The van der Waals surface area contributed by atoms with Gasteiger partial charge in [-0.15, -0.1) is 0 Å². The zero-order valence-corrected chi connectivity index (χ0v) is 11.2. The second-order valence-electron chi connectivity index (χ2n) is 4.20. The molecule has 0 saturated carbocycles. The summed E-state index contributed by atoms with van der Waals surface area (Å²) >= 11 is 0. The van der Waals surface area contributed by atoms with Crippen molar-refractivity contribution in [3.63, 3.8) is 0 Å². The van der Waals surface area contributed by atoms with Crippen molar-refractivity contribution < 1.29 is 4.74 Å². The highest BCUT2D eigenvalue weighted by molar-refractivity contribution is 5.47. The Morgan fingerprint density at radius 3 is 2.53 bits per heavy atom. The lowest BCUT2D eigenvalue weighted by atomic mass is 10.1. The molecule has 0 aliphatic carbocycles. The van der Waals surface area contributed by atoms with Crippen LogP contribution in [0.15, 0.2) is 18.2 Å². The molecule has 0 unspecified atom stereocenters. The van der Waals surface area contributed by atoms with E-state index in [1.807, 2.05) is 18.2 Å². The fourth-order valence-electron chi connectivity index (χ4n) is 2.03. The summed E-state index contributed by atoms with van der Waals surface area (Å²) in [5.41, 5.74) is 7.82. The number of benzene rings is 1. The van der Waals surface area contributed by atoms with Gasteiger partial charge in [-0.2, -0.15) is 0 Å². The highest BCUT2D eigenvalue weighted by Gasteiger charge is 2.04. The number of nitrogen functional groups attached to an aromatic ring is 1. The molecule has 3 heteroatoms. The fraction of sp³-hybridized carbons (Fsp3) is 0.571. The van der Waals surface area contributed by atoms with Gasteiger partial charge in [0, 0.05) is 5.69 Å². The monoisotopic (exact) mass is 236 g/mol. The third-order valence-electron chi connectivity index (χ3n) is 3.12.